The molecule has 1 amide bonds. The monoisotopic (exact) mass is 410 g/mol. The second-order valence-corrected chi connectivity index (χ2v) is 8.11. The van der Waals surface area contributed by atoms with E-state index in [1.807, 2.05) is 13.8 Å². The van der Waals surface area contributed by atoms with Gasteiger partial charge in [-0.15, -0.1) is 0 Å². The topological polar surface area (TPSA) is 87.1 Å². The molecule has 0 aromatic carbocycles. The van der Waals surface area contributed by atoms with E-state index in [2.05, 4.69) is 20.6 Å². The molecular formula is C20H25F3N4O2. The number of carbonyl (C=O) groups excluding carboxylic acids is 1. The van der Waals surface area contributed by atoms with E-state index < -0.39 is 18.3 Å². The first-order valence-corrected chi connectivity index (χ1v) is 9.62. The number of hydrogen-bond donors (Lipinski definition) is 3. The van der Waals surface area contributed by atoms with Gasteiger partial charge < -0.3 is 15.7 Å². The summed E-state index contributed by atoms with van der Waals surface area (Å²) in [7, 11) is 0. The van der Waals surface area contributed by atoms with Gasteiger partial charge in [-0.3, -0.25) is 4.79 Å². The molecule has 0 radical (unpaired) electrons. The van der Waals surface area contributed by atoms with E-state index in [4.69, 9.17) is 0 Å². The molecule has 2 heterocycles. The van der Waals surface area contributed by atoms with Gasteiger partial charge >= 0.3 is 6.18 Å². The third-order valence-electron chi connectivity index (χ3n) is 5.34. The molecule has 0 spiro atoms. The minimum atomic E-state index is -4.34. The van der Waals surface area contributed by atoms with E-state index in [1.165, 1.54) is 12.3 Å². The lowest BCUT2D eigenvalue weighted by atomic mass is 9.77. The quantitative estimate of drug-likeness (QED) is 0.700. The van der Waals surface area contributed by atoms with E-state index in [1.54, 1.807) is 12.1 Å². The summed E-state index contributed by atoms with van der Waals surface area (Å²) in [6.07, 6.45) is 0.344. The van der Waals surface area contributed by atoms with Gasteiger partial charge in [0.25, 0.3) is 5.91 Å². The maximum atomic E-state index is 12.6. The van der Waals surface area contributed by atoms with Gasteiger partial charge in [-0.1, -0.05) is 0 Å². The summed E-state index contributed by atoms with van der Waals surface area (Å²) in [4.78, 5) is 20.7. The Morgan fingerprint density at radius 3 is 2.52 bits per heavy atom. The van der Waals surface area contributed by atoms with Crippen molar-refractivity contribution in [3.05, 3.63) is 30.0 Å². The Balaban J connectivity index is 1.62. The van der Waals surface area contributed by atoms with E-state index in [-0.39, 0.29) is 29.3 Å². The fraction of sp³-hybridized carbons (Fsp3) is 0.550. The molecule has 3 N–H and O–H groups in total. The molecule has 1 aliphatic rings. The van der Waals surface area contributed by atoms with Crippen molar-refractivity contribution in [3.63, 3.8) is 0 Å². The molecule has 2 aromatic heterocycles. The Kier molecular flexibility index (Phi) is 5.97. The summed E-state index contributed by atoms with van der Waals surface area (Å²) in [5, 5.41) is 15.9. The first-order chi connectivity index (χ1) is 13.5. The van der Waals surface area contributed by atoms with Gasteiger partial charge in [-0.05, 0) is 63.6 Å². The van der Waals surface area contributed by atoms with Crippen molar-refractivity contribution in [3.8, 4) is 0 Å². The minimum absolute atomic E-state index is 0.0452. The summed E-state index contributed by atoms with van der Waals surface area (Å²) < 4.78 is 36.9. The van der Waals surface area contributed by atoms with Crippen LogP contribution in [0.4, 0.5) is 19.0 Å². The fourth-order valence-corrected chi connectivity index (χ4v) is 3.64. The van der Waals surface area contributed by atoms with Gasteiger partial charge in [0.05, 0.1) is 11.2 Å². The number of anilines is 1. The molecule has 1 aliphatic carbocycles. The highest BCUT2D eigenvalue weighted by Gasteiger charge is 2.32. The van der Waals surface area contributed by atoms with Gasteiger partial charge in [-0.25, -0.2) is 9.97 Å². The molecule has 3 rings (SSSR count). The van der Waals surface area contributed by atoms with Crippen LogP contribution >= 0.6 is 0 Å². The van der Waals surface area contributed by atoms with Crippen molar-refractivity contribution in [2.45, 2.75) is 57.3 Å². The van der Waals surface area contributed by atoms with Crippen molar-refractivity contribution >= 4 is 22.8 Å². The number of nitrogens with zero attached hydrogens (tertiary/aromatic N) is 2. The first kappa shape index (κ1) is 21.3. The average Bonchev–Trinajstić information content (AvgIpc) is 2.65. The molecule has 0 atom stereocenters. The number of alkyl halides is 3. The molecule has 0 saturated heterocycles. The van der Waals surface area contributed by atoms with Gasteiger partial charge in [0.15, 0.2) is 5.65 Å². The van der Waals surface area contributed by atoms with Crippen molar-refractivity contribution in [2.24, 2.45) is 5.92 Å². The molecule has 6 nitrogen and oxygen atoms in total. The minimum Gasteiger partial charge on any atom is -0.390 e. The van der Waals surface area contributed by atoms with Gasteiger partial charge in [-0.2, -0.15) is 13.2 Å². The summed E-state index contributed by atoms with van der Waals surface area (Å²) in [5.41, 5.74) is -0.0720. The van der Waals surface area contributed by atoms with Crippen LogP contribution in [0.25, 0.3) is 11.0 Å². The van der Waals surface area contributed by atoms with Gasteiger partial charge in [0.2, 0.25) is 0 Å². The van der Waals surface area contributed by atoms with Crippen LogP contribution in [0, 0.1) is 5.92 Å². The summed E-state index contributed by atoms with van der Waals surface area (Å²) in [5.74, 6) is 0.0534. The zero-order valence-electron chi connectivity index (χ0n) is 16.4. The Hall–Kier alpha value is -2.42. The van der Waals surface area contributed by atoms with Crippen LogP contribution in [0.5, 0.6) is 0 Å². The second-order valence-electron chi connectivity index (χ2n) is 8.11. The van der Waals surface area contributed by atoms with Crippen LogP contribution in [-0.2, 0) is 0 Å². The third-order valence-corrected chi connectivity index (χ3v) is 5.34. The highest BCUT2D eigenvalue weighted by atomic mass is 19.4. The Labute approximate surface area is 166 Å². The van der Waals surface area contributed by atoms with Crippen LogP contribution in [-0.4, -0.2) is 45.3 Å². The predicted molar refractivity (Wildman–Crippen MR) is 104 cm³/mol. The second kappa shape index (κ2) is 8.14. The lowest BCUT2D eigenvalue weighted by molar-refractivity contribution is -0.115. The molecule has 158 valence electrons. The number of amides is 1. The smallest absolute Gasteiger partial charge is 0.390 e. The number of fused-ring (bicyclic) bond motifs is 1. The Morgan fingerprint density at radius 1 is 1.21 bits per heavy atom. The van der Waals surface area contributed by atoms with Crippen molar-refractivity contribution < 1.29 is 23.1 Å². The molecule has 0 aliphatic heterocycles. The number of hydrogen-bond acceptors (Lipinski definition) is 5. The zero-order valence-corrected chi connectivity index (χ0v) is 16.4. The first-order valence-electron chi connectivity index (χ1n) is 9.62. The number of halogens is 3. The van der Waals surface area contributed by atoms with Gasteiger partial charge in [0, 0.05) is 17.6 Å². The van der Waals surface area contributed by atoms with Gasteiger partial charge in [0.1, 0.15) is 12.4 Å². The summed E-state index contributed by atoms with van der Waals surface area (Å²) in [6.45, 7) is 2.45. The van der Waals surface area contributed by atoms with E-state index in [0.717, 1.165) is 25.7 Å². The van der Waals surface area contributed by atoms with E-state index in [9.17, 15) is 23.1 Å². The molecule has 29 heavy (non-hydrogen) atoms. The maximum Gasteiger partial charge on any atom is 0.405 e. The number of aromatic nitrogens is 2. The Morgan fingerprint density at radius 2 is 1.90 bits per heavy atom. The summed E-state index contributed by atoms with van der Waals surface area (Å²) >= 11 is 0. The largest absolute Gasteiger partial charge is 0.405 e. The summed E-state index contributed by atoms with van der Waals surface area (Å²) in [6, 6.07) is 4.68. The molecule has 2 aromatic rings. The van der Waals surface area contributed by atoms with Crippen LogP contribution < -0.4 is 10.6 Å². The van der Waals surface area contributed by atoms with Crippen molar-refractivity contribution in [1.82, 2.24) is 15.3 Å². The zero-order chi connectivity index (χ0) is 21.2. The lowest BCUT2D eigenvalue weighted by Crippen LogP contribution is -2.41. The Bertz CT molecular complexity index is 872. The van der Waals surface area contributed by atoms with Crippen molar-refractivity contribution in [1.29, 1.82) is 0 Å². The SMILES string of the molecule is CC(C)(O)[C@H]1CC[C@H](NC(=O)c2cnc3nc(NCC(F)(F)F)ccc3c2)CC1. The highest BCUT2D eigenvalue weighted by molar-refractivity contribution is 5.97. The number of nitrogens with one attached hydrogen (secondary N) is 2. The van der Waals surface area contributed by atoms with Crippen LogP contribution in [0.1, 0.15) is 49.9 Å². The lowest BCUT2D eigenvalue weighted by Gasteiger charge is -2.36. The molecule has 9 heteroatoms. The molecule has 0 unspecified atom stereocenters. The standard InChI is InChI=1S/C20H25F3N4O2/c1-19(2,29)14-4-6-15(7-5-14)26-18(28)13-9-12-3-8-16(25-11-20(21,22)23)27-17(12)24-10-13/h3,8-10,14-15,29H,4-7,11H2,1-2H3,(H,26,28)(H,24,25,27)/t14-,15-. The van der Waals surface area contributed by atoms with Crippen molar-refractivity contribution in [2.75, 3.05) is 11.9 Å². The highest BCUT2D eigenvalue weighted by Crippen LogP contribution is 2.32. The number of aliphatic hydroxyl groups is 1. The fourth-order valence-electron chi connectivity index (χ4n) is 3.64. The van der Waals surface area contributed by atoms with Crippen LogP contribution in [0.2, 0.25) is 0 Å². The number of rotatable bonds is 5. The predicted octanol–water partition coefficient (Wildman–Crippen LogP) is 3.66. The van der Waals surface area contributed by atoms with Crippen LogP contribution in [0.3, 0.4) is 0 Å². The van der Waals surface area contributed by atoms with E-state index >= 15 is 0 Å². The van der Waals surface area contributed by atoms with E-state index in [0.29, 0.717) is 10.9 Å². The molecule has 0 bridgehead atoms. The molecular weight excluding hydrogens is 385 g/mol. The van der Waals surface area contributed by atoms with Crippen LogP contribution in [0.15, 0.2) is 24.4 Å². The normalized spacial score (nSPS) is 20.5. The third kappa shape index (κ3) is 5.79. The number of carbonyl (C=O) groups is 1. The molecule has 1 saturated carbocycles. The molecule has 1 fully saturated rings. The number of pyridine rings is 2. The average molecular weight is 410 g/mol. The maximum absolute atomic E-state index is 12.6.